The van der Waals surface area contributed by atoms with E-state index in [1.807, 2.05) is 0 Å². The molecule has 0 aliphatic heterocycles. The summed E-state index contributed by atoms with van der Waals surface area (Å²) in [5, 5.41) is 9.32. The maximum Gasteiger partial charge on any atom is 0.156 e. The molecule has 1 aromatic heterocycles. The van der Waals surface area contributed by atoms with Crippen LogP contribution in [0.5, 0.6) is 5.75 Å². The number of hydrogen-bond acceptors (Lipinski definition) is 3. The molecule has 1 N–H and O–H groups in total. The highest BCUT2D eigenvalue weighted by Gasteiger charge is 2.24. The zero-order valence-electron chi connectivity index (χ0n) is 12.9. The molecule has 0 saturated carbocycles. The maximum atomic E-state index is 14.5. The first-order valence-electron chi connectivity index (χ1n) is 7.13. The molecular weight excluding hydrogens is 357 g/mol. The lowest BCUT2D eigenvalue weighted by Gasteiger charge is -2.13. The fourth-order valence-electron chi connectivity index (χ4n) is 2.52. The van der Waals surface area contributed by atoms with E-state index in [4.69, 9.17) is 16.3 Å². The Morgan fingerprint density at radius 1 is 1.12 bits per heavy atom. The molecule has 0 radical (unpaired) electrons. The van der Waals surface area contributed by atoms with Crippen LogP contribution in [0.15, 0.2) is 36.4 Å². The molecule has 0 saturated heterocycles. The molecule has 4 nitrogen and oxygen atoms in total. The van der Waals surface area contributed by atoms with Crippen LogP contribution in [0.4, 0.5) is 13.2 Å². The summed E-state index contributed by atoms with van der Waals surface area (Å²) in [6.07, 6.45) is 0. The van der Waals surface area contributed by atoms with Crippen LogP contribution in [0.3, 0.4) is 0 Å². The van der Waals surface area contributed by atoms with Crippen LogP contribution < -0.4 is 4.74 Å². The fraction of sp³-hybridized carbons (Fsp3) is 0.118. The number of aliphatic hydroxyl groups excluding tert-OH is 1. The third-order valence-electron chi connectivity index (χ3n) is 3.62. The Bertz CT molecular complexity index is 903. The van der Waals surface area contributed by atoms with Crippen molar-refractivity contribution in [1.29, 1.82) is 0 Å². The molecule has 0 fully saturated rings. The lowest BCUT2D eigenvalue weighted by Crippen LogP contribution is -2.05. The number of rotatable bonds is 4. The normalized spacial score (nSPS) is 11.0. The van der Waals surface area contributed by atoms with Crippen LogP contribution in [0.2, 0.25) is 5.15 Å². The van der Waals surface area contributed by atoms with Crippen molar-refractivity contribution >= 4 is 11.6 Å². The molecule has 0 spiro atoms. The fourth-order valence-corrected chi connectivity index (χ4v) is 2.80. The minimum atomic E-state index is -0.911. The minimum absolute atomic E-state index is 0.00472. The monoisotopic (exact) mass is 368 g/mol. The second kappa shape index (κ2) is 6.78. The van der Waals surface area contributed by atoms with Gasteiger partial charge in [0.2, 0.25) is 0 Å². The van der Waals surface area contributed by atoms with Crippen LogP contribution in [-0.2, 0) is 6.61 Å². The summed E-state index contributed by atoms with van der Waals surface area (Å²) in [5.41, 5.74) is -0.174. The molecular formula is C17H12ClF3N2O2. The molecule has 8 heteroatoms. The topological polar surface area (TPSA) is 47.3 Å². The molecule has 0 bridgehead atoms. The Labute approximate surface area is 146 Å². The van der Waals surface area contributed by atoms with E-state index >= 15 is 0 Å². The number of imidazole rings is 1. The summed E-state index contributed by atoms with van der Waals surface area (Å²) in [4.78, 5) is 3.95. The predicted molar refractivity (Wildman–Crippen MR) is 86.4 cm³/mol. The van der Waals surface area contributed by atoms with Gasteiger partial charge in [-0.15, -0.1) is 0 Å². The van der Waals surface area contributed by atoms with Gasteiger partial charge >= 0.3 is 0 Å². The Morgan fingerprint density at radius 2 is 1.72 bits per heavy atom. The summed E-state index contributed by atoms with van der Waals surface area (Å²) >= 11 is 6.08. The molecule has 1 heterocycles. The number of halogens is 4. The summed E-state index contributed by atoms with van der Waals surface area (Å²) in [6.45, 7) is -0.531. The molecule has 0 aliphatic carbocycles. The lowest BCUT2D eigenvalue weighted by atomic mass is 10.1. The minimum Gasteiger partial charge on any atom is -0.497 e. The van der Waals surface area contributed by atoms with Crippen molar-refractivity contribution in [3.05, 3.63) is 64.8 Å². The number of aromatic nitrogens is 2. The summed E-state index contributed by atoms with van der Waals surface area (Å²) in [7, 11) is 1.29. The summed E-state index contributed by atoms with van der Waals surface area (Å²) in [6, 6.07) is 7.14. The highest BCUT2D eigenvalue weighted by atomic mass is 35.5. The number of hydrogen-bond donors (Lipinski definition) is 1. The molecule has 130 valence electrons. The van der Waals surface area contributed by atoms with Gasteiger partial charge in [0.05, 0.1) is 18.4 Å². The number of aliphatic hydroxyl groups is 1. The van der Waals surface area contributed by atoms with Crippen molar-refractivity contribution in [2.45, 2.75) is 6.61 Å². The zero-order chi connectivity index (χ0) is 18.1. The van der Waals surface area contributed by atoms with Crippen molar-refractivity contribution in [2.75, 3.05) is 7.11 Å². The summed E-state index contributed by atoms with van der Waals surface area (Å²) < 4.78 is 48.3. The van der Waals surface area contributed by atoms with E-state index in [1.165, 1.54) is 35.9 Å². The van der Waals surface area contributed by atoms with Crippen molar-refractivity contribution < 1.29 is 23.0 Å². The second-order valence-corrected chi connectivity index (χ2v) is 5.46. The van der Waals surface area contributed by atoms with Gasteiger partial charge in [-0.3, -0.25) is 4.57 Å². The van der Waals surface area contributed by atoms with Gasteiger partial charge in [-0.05, 0) is 24.3 Å². The van der Waals surface area contributed by atoms with Crippen molar-refractivity contribution in [1.82, 2.24) is 9.55 Å². The number of nitrogens with zero attached hydrogens (tertiary/aromatic N) is 2. The van der Waals surface area contributed by atoms with E-state index in [0.29, 0.717) is 5.69 Å². The van der Waals surface area contributed by atoms with Gasteiger partial charge in [0.1, 0.15) is 35.6 Å². The van der Waals surface area contributed by atoms with E-state index in [9.17, 15) is 18.3 Å². The maximum absolute atomic E-state index is 14.5. The molecule has 0 aliphatic rings. The molecule has 2 aromatic carbocycles. The Morgan fingerprint density at radius 3 is 2.24 bits per heavy atom. The SMILES string of the molecule is COc1cc(F)c(-c2c(Cl)nc(CO)n2-c2ccc(F)cc2)c(F)c1. The highest BCUT2D eigenvalue weighted by molar-refractivity contribution is 6.32. The molecule has 3 rings (SSSR count). The van der Waals surface area contributed by atoms with Gasteiger partial charge in [-0.25, -0.2) is 18.2 Å². The quantitative estimate of drug-likeness (QED) is 0.754. The molecule has 3 aromatic rings. The third kappa shape index (κ3) is 3.08. The summed E-state index contributed by atoms with van der Waals surface area (Å²) in [5.74, 6) is -2.24. The molecule has 25 heavy (non-hydrogen) atoms. The third-order valence-corrected chi connectivity index (χ3v) is 3.88. The van der Waals surface area contributed by atoms with Crippen LogP contribution in [0, 0.1) is 17.5 Å². The van der Waals surface area contributed by atoms with Gasteiger partial charge < -0.3 is 9.84 Å². The molecule has 0 unspecified atom stereocenters. The zero-order valence-corrected chi connectivity index (χ0v) is 13.7. The van der Waals surface area contributed by atoms with Gasteiger partial charge in [-0.2, -0.15) is 0 Å². The Kier molecular flexibility index (Phi) is 4.69. The lowest BCUT2D eigenvalue weighted by molar-refractivity contribution is 0.269. The van der Waals surface area contributed by atoms with Crippen molar-refractivity contribution in [2.24, 2.45) is 0 Å². The largest absolute Gasteiger partial charge is 0.497 e. The van der Waals surface area contributed by atoms with Crippen LogP contribution >= 0.6 is 11.6 Å². The Hall–Kier alpha value is -2.51. The molecule has 0 atom stereocenters. The number of methoxy groups -OCH3 is 1. The van der Waals surface area contributed by atoms with E-state index in [2.05, 4.69) is 4.98 Å². The first kappa shape index (κ1) is 17.3. The van der Waals surface area contributed by atoms with Crippen molar-refractivity contribution in [3.63, 3.8) is 0 Å². The second-order valence-electron chi connectivity index (χ2n) is 5.10. The average Bonchev–Trinajstić information content (AvgIpc) is 2.91. The first-order valence-corrected chi connectivity index (χ1v) is 7.51. The van der Waals surface area contributed by atoms with Gasteiger partial charge in [0.15, 0.2) is 5.15 Å². The predicted octanol–water partition coefficient (Wildman–Crippen LogP) is 4.11. The van der Waals surface area contributed by atoms with E-state index < -0.39 is 29.6 Å². The van der Waals surface area contributed by atoms with Crippen LogP contribution in [0.1, 0.15) is 5.82 Å². The van der Waals surface area contributed by atoms with E-state index in [1.54, 1.807) is 0 Å². The standard InChI is InChI=1S/C17H12ClF3N2O2/c1-25-11-6-12(20)15(13(21)7-11)16-17(18)22-14(8-24)23(16)10-4-2-9(19)3-5-10/h2-7,24H,8H2,1H3. The van der Waals surface area contributed by atoms with Crippen LogP contribution in [-0.4, -0.2) is 21.8 Å². The Balaban J connectivity index is 2.31. The van der Waals surface area contributed by atoms with Gasteiger partial charge in [0, 0.05) is 17.8 Å². The smallest absolute Gasteiger partial charge is 0.156 e. The van der Waals surface area contributed by atoms with Gasteiger partial charge in [0.25, 0.3) is 0 Å². The van der Waals surface area contributed by atoms with Gasteiger partial charge in [-0.1, -0.05) is 11.6 Å². The number of ether oxygens (including phenoxy) is 1. The van der Waals surface area contributed by atoms with E-state index in [-0.39, 0.29) is 22.4 Å². The van der Waals surface area contributed by atoms with Crippen molar-refractivity contribution in [3.8, 4) is 22.7 Å². The highest BCUT2D eigenvalue weighted by Crippen LogP contribution is 2.36. The number of benzene rings is 2. The van der Waals surface area contributed by atoms with E-state index in [0.717, 1.165) is 12.1 Å². The molecule has 0 amide bonds. The first-order chi connectivity index (χ1) is 12.0. The average molecular weight is 369 g/mol. The van der Waals surface area contributed by atoms with Crippen LogP contribution in [0.25, 0.3) is 16.9 Å².